The van der Waals surface area contributed by atoms with Crippen LogP contribution in [-0.4, -0.2) is 17.5 Å². The highest BCUT2D eigenvalue weighted by Crippen LogP contribution is 2.36. The number of carbonyl (C=O) groups excluding carboxylic acids is 2. The molecular formula is C18H21FN2O3. The van der Waals surface area contributed by atoms with Gasteiger partial charge in [-0.3, -0.25) is 4.79 Å². The summed E-state index contributed by atoms with van der Waals surface area (Å²) in [5, 5.41) is 11.5. The molecule has 0 saturated heterocycles. The molecule has 1 unspecified atom stereocenters. The summed E-state index contributed by atoms with van der Waals surface area (Å²) >= 11 is 0. The fraction of sp³-hybridized carbons (Fsp3) is 0.500. The zero-order chi connectivity index (χ0) is 18.0. The monoisotopic (exact) mass is 332 g/mol. The number of carbonyl (C=O) groups is 2. The first-order chi connectivity index (χ1) is 11.2. The summed E-state index contributed by atoms with van der Waals surface area (Å²) in [5.74, 6) is -0.927. The van der Waals surface area contributed by atoms with E-state index >= 15 is 0 Å². The maximum atomic E-state index is 14.5. The van der Waals surface area contributed by atoms with Gasteiger partial charge in [-0.05, 0) is 52.2 Å². The van der Waals surface area contributed by atoms with Crippen molar-refractivity contribution in [3.05, 3.63) is 35.1 Å². The summed E-state index contributed by atoms with van der Waals surface area (Å²) in [6.07, 6.45) is 1.18. The third-order valence-corrected chi connectivity index (χ3v) is 3.95. The maximum Gasteiger partial charge on any atom is 0.408 e. The van der Waals surface area contributed by atoms with Gasteiger partial charge in [0.1, 0.15) is 17.0 Å². The smallest absolute Gasteiger partial charge is 0.408 e. The number of ketones is 1. The number of nitrogens with zero attached hydrogens (tertiary/aromatic N) is 1. The van der Waals surface area contributed by atoms with E-state index < -0.39 is 23.1 Å². The van der Waals surface area contributed by atoms with Crippen LogP contribution in [0.4, 0.5) is 9.18 Å². The number of alkyl carbamates (subject to hydrolysis) is 1. The topological polar surface area (TPSA) is 79.2 Å². The molecule has 1 atom stereocenters. The summed E-state index contributed by atoms with van der Waals surface area (Å²) in [6.45, 7) is 5.14. The number of hydrogen-bond donors (Lipinski definition) is 1. The summed E-state index contributed by atoms with van der Waals surface area (Å²) in [5.41, 5.74) is -1.94. The normalized spacial score (nSPS) is 21.0. The average Bonchev–Trinajstić information content (AvgIpc) is 2.47. The SMILES string of the molecule is CC(C)(C)OC(=O)NC1(c2ccc(C#N)cc2F)CCCCC1=O. The number of nitrogens with one attached hydrogen (secondary N) is 1. The highest BCUT2D eigenvalue weighted by molar-refractivity contribution is 5.93. The van der Waals surface area contributed by atoms with Crippen molar-refractivity contribution in [1.82, 2.24) is 5.32 Å². The van der Waals surface area contributed by atoms with Crippen molar-refractivity contribution in [1.29, 1.82) is 5.26 Å². The lowest BCUT2D eigenvalue weighted by molar-refractivity contribution is -0.128. The van der Waals surface area contributed by atoms with E-state index in [1.54, 1.807) is 20.8 Å². The molecule has 0 aliphatic heterocycles. The summed E-state index contributed by atoms with van der Waals surface area (Å²) in [4.78, 5) is 24.8. The van der Waals surface area contributed by atoms with Crippen LogP contribution in [0, 0.1) is 17.1 Å². The minimum Gasteiger partial charge on any atom is -0.444 e. The van der Waals surface area contributed by atoms with E-state index in [9.17, 15) is 14.0 Å². The van der Waals surface area contributed by atoms with Crippen LogP contribution in [0.15, 0.2) is 18.2 Å². The highest BCUT2D eigenvalue weighted by Gasteiger charge is 2.45. The second-order valence-corrected chi connectivity index (χ2v) is 6.97. The van der Waals surface area contributed by atoms with Gasteiger partial charge in [0.25, 0.3) is 0 Å². The molecule has 0 bridgehead atoms. The molecule has 1 saturated carbocycles. The average molecular weight is 332 g/mol. The van der Waals surface area contributed by atoms with Crippen molar-refractivity contribution in [3.8, 4) is 6.07 Å². The van der Waals surface area contributed by atoms with Crippen LogP contribution in [0.3, 0.4) is 0 Å². The fourth-order valence-corrected chi connectivity index (χ4v) is 2.92. The summed E-state index contributed by atoms with van der Waals surface area (Å²) in [7, 11) is 0. The van der Waals surface area contributed by atoms with Crippen LogP contribution in [0.1, 0.15) is 57.6 Å². The molecule has 0 radical (unpaired) electrons. The highest BCUT2D eigenvalue weighted by atomic mass is 19.1. The molecule has 2 rings (SSSR count). The molecule has 128 valence electrons. The Morgan fingerprint density at radius 3 is 2.62 bits per heavy atom. The Balaban J connectivity index is 2.43. The molecule has 0 spiro atoms. The molecule has 0 heterocycles. The van der Waals surface area contributed by atoms with Crippen LogP contribution in [0.5, 0.6) is 0 Å². The Morgan fingerprint density at radius 1 is 1.38 bits per heavy atom. The minimum absolute atomic E-state index is 0.0806. The van der Waals surface area contributed by atoms with E-state index in [-0.39, 0.29) is 23.3 Å². The van der Waals surface area contributed by atoms with Gasteiger partial charge in [-0.1, -0.05) is 6.07 Å². The Labute approximate surface area is 140 Å². The van der Waals surface area contributed by atoms with Gasteiger partial charge in [-0.25, -0.2) is 9.18 Å². The number of amides is 1. The molecule has 1 aromatic carbocycles. The first-order valence-corrected chi connectivity index (χ1v) is 7.92. The van der Waals surface area contributed by atoms with Gasteiger partial charge in [-0.15, -0.1) is 0 Å². The van der Waals surface area contributed by atoms with Crippen molar-refractivity contribution in [2.24, 2.45) is 0 Å². The van der Waals surface area contributed by atoms with E-state index in [0.717, 1.165) is 6.07 Å². The van der Waals surface area contributed by atoms with Crippen molar-refractivity contribution >= 4 is 11.9 Å². The lowest BCUT2D eigenvalue weighted by Crippen LogP contribution is -2.54. The molecule has 5 nitrogen and oxygen atoms in total. The summed E-state index contributed by atoms with van der Waals surface area (Å²) < 4.78 is 19.8. The first kappa shape index (κ1) is 17.9. The molecule has 1 aliphatic carbocycles. The molecule has 1 N–H and O–H groups in total. The van der Waals surface area contributed by atoms with Gasteiger partial charge in [0.2, 0.25) is 0 Å². The molecule has 1 aromatic rings. The molecular weight excluding hydrogens is 311 g/mol. The Kier molecular flexibility index (Phi) is 4.93. The lowest BCUT2D eigenvalue weighted by Gasteiger charge is -2.37. The fourth-order valence-electron chi connectivity index (χ4n) is 2.92. The number of nitriles is 1. The van der Waals surface area contributed by atoms with E-state index in [4.69, 9.17) is 10.00 Å². The number of benzene rings is 1. The third kappa shape index (κ3) is 3.73. The van der Waals surface area contributed by atoms with Gasteiger partial charge in [0.05, 0.1) is 11.6 Å². The Morgan fingerprint density at radius 2 is 2.08 bits per heavy atom. The van der Waals surface area contributed by atoms with Gasteiger partial charge in [0, 0.05) is 12.0 Å². The zero-order valence-electron chi connectivity index (χ0n) is 14.1. The van der Waals surface area contributed by atoms with E-state index in [1.807, 2.05) is 6.07 Å². The van der Waals surface area contributed by atoms with Crippen molar-refractivity contribution in [2.75, 3.05) is 0 Å². The van der Waals surface area contributed by atoms with Crippen molar-refractivity contribution < 1.29 is 18.7 Å². The van der Waals surface area contributed by atoms with Crippen molar-refractivity contribution in [3.63, 3.8) is 0 Å². The van der Waals surface area contributed by atoms with E-state index in [1.165, 1.54) is 12.1 Å². The quantitative estimate of drug-likeness (QED) is 0.898. The van der Waals surface area contributed by atoms with Crippen LogP contribution in [0.25, 0.3) is 0 Å². The van der Waals surface area contributed by atoms with E-state index in [2.05, 4.69) is 5.32 Å². The molecule has 1 amide bonds. The van der Waals surface area contributed by atoms with Gasteiger partial charge >= 0.3 is 6.09 Å². The molecule has 6 heteroatoms. The number of rotatable bonds is 2. The molecule has 24 heavy (non-hydrogen) atoms. The number of halogens is 1. The predicted molar refractivity (Wildman–Crippen MR) is 85.6 cm³/mol. The Hall–Kier alpha value is -2.42. The van der Waals surface area contributed by atoms with Crippen molar-refractivity contribution in [2.45, 2.75) is 57.6 Å². The second-order valence-electron chi connectivity index (χ2n) is 6.97. The van der Waals surface area contributed by atoms with Crippen LogP contribution < -0.4 is 5.32 Å². The van der Waals surface area contributed by atoms with Gasteiger partial charge in [-0.2, -0.15) is 5.26 Å². The van der Waals surface area contributed by atoms with Gasteiger partial charge in [0.15, 0.2) is 5.78 Å². The lowest BCUT2D eigenvalue weighted by atomic mass is 9.75. The number of hydrogen-bond acceptors (Lipinski definition) is 4. The maximum absolute atomic E-state index is 14.5. The second kappa shape index (κ2) is 6.60. The molecule has 0 aromatic heterocycles. The standard InChI is InChI=1S/C18H21FN2O3/c1-17(2,3)24-16(23)21-18(9-5-4-6-15(18)22)13-8-7-12(11-20)10-14(13)19/h7-8,10H,4-6,9H2,1-3H3,(H,21,23). The molecule has 1 aliphatic rings. The Bertz CT molecular complexity index is 703. The summed E-state index contributed by atoms with van der Waals surface area (Å²) in [6, 6.07) is 5.78. The largest absolute Gasteiger partial charge is 0.444 e. The van der Waals surface area contributed by atoms with E-state index in [0.29, 0.717) is 19.3 Å². The van der Waals surface area contributed by atoms with Crippen LogP contribution in [-0.2, 0) is 15.1 Å². The first-order valence-electron chi connectivity index (χ1n) is 7.92. The number of Topliss-reactive ketones (excluding diaryl/α,β-unsaturated/α-hetero) is 1. The minimum atomic E-state index is -1.45. The number of ether oxygens (including phenoxy) is 1. The predicted octanol–water partition coefficient (Wildman–Crippen LogP) is 3.56. The third-order valence-electron chi connectivity index (χ3n) is 3.95. The molecule has 1 fully saturated rings. The zero-order valence-corrected chi connectivity index (χ0v) is 14.1. The van der Waals surface area contributed by atoms with Crippen LogP contribution in [0.2, 0.25) is 0 Å². The van der Waals surface area contributed by atoms with Crippen LogP contribution >= 0.6 is 0 Å². The van der Waals surface area contributed by atoms with Gasteiger partial charge < -0.3 is 10.1 Å².